The minimum absolute atomic E-state index is 0.190. The summed E-state index contributed by atoms with van der Waals surface area (Å²) in [6, 6.07) is 6.47. The van der Waals surface area contributed by atoms with Crippen molar-refractivity contribution in [2.75, 3.05) is 71.7 Å². The Morgan fingerprint density at radius 3 is 2.54 bits per heavy atom. The third kappa shape index (κ3) is 9.52. The van der Waals surface area contributed by atoms with E-state index in [1.807, 2.05) is 29.9 Å². The van der Waals surface area contributed by atoms with Gasteiger partial charge in [-0.3, -0.25) is 14.6 Å². The van der Waals surface area contributed by atoms with E-state index in [1.54, 1.807) is 25.6 Å². The Morgan fingerprint density at radius 2 is 1.80 bits per heavy atom. The largest absolute Gasteiger partial charge is 0.487 e. The molecule has 1 saturated heterocycles. The maximum atomic E-state index is 6.39. The molecule has 46 heavy (non-hydrogen) atoms. The van der Waals surface area contributed by atoms with E-state index in [9.17, 15) is 0 Å². The normalized spacial score (nSPS) is 19.7. The molecule has 5 rings (SSSR count). The third-order valence-corrected chi connectivity index (χ3v) is 8.47. The highest BCUT2D eigenvalue weighted by atomic mass is 35.5. The van der Waals surface area contributed by atoms with Crippen molar-refractivity contribution in [1.82, 2.24) is 24.6 Å². The SMILES string of the molecule is COCCOCCOc1nn(C2CCC(N3CCOCC3)CC2)cc1Nc1ncc(-c2ccc(Cl)c(O[C@@H](C)CN=CN)c2)cn1. The van der Waals surface area contributed by atoms with Crippen LogP contribution >= 0.6 is 11.6 Å². The van der Waals surface area contributed by atoms with Crippen molar-refractivity contribution in [3.05, 3.63) is 41.8 Å². The Balaban J connectivity index is 1.25. The van der Waals surface area contributed by atoms with E-state index in [0.717, 1.165) is 63.1 Å². The van der Waals surface area contributed by atoms with Crippen LogP contribution in [-0.2, 0) is 14.2 Å². The quantitative estimate of drug-likeness (QED) is 0.129. The summed E-state index contributed by atoms with van der Waals surface area (Å²) in [5, 5.41) is 8.67. The number of hydrogen-bond acceptors (Lipinski definition) is 11. The predicted octanol–water partition coefficient (Wildman–Crippen LogP) is 4.35. The van der Waals surface area contributed by atoms with Crippen LogP contribution in [0.5, 0.6) is 11.6 Å². The van der Waals surface area contributed by atoms with Gasteiger partial charge in [0.1, 0.15) is 24.1 Å². The van der Waals surface area contributed by atoms with Gasteiger partial charge in [0.25, 0.3) is 5.88 Å². The van der Waals surface area contributed by atoms with Gasteiger partial charge in [-0.2, -0.15) is 0 Å². The number of nitrogens with two attached hydrogens (primary N) is 1. The number of nitrogens with zero attached hydrogens (tertiary/aromatic N) is 6. The van der Waals surface area contributed by atoms with Gasteiger partial charge in [-0.15, -0.1) is 5.10 Å². The monoisotopic (exact) mass is 656 g/mol. The number of anilines is 2. The molecule has 13 nitrogen and oxygen atoms in total. The highest BCUT2D eigenvalue weighted by Gasteiger charge is 2.29. The van der Waals surface area contributed by atoms with Gasteiger partial charge in [-0.1, -0.05) is 17.7 Å². The fourth-order valence-electron chi connectivity index (χ4n) is 5.73. The molecule has 2 aliphatic rings. The van der Waals surface area contributed by atoms with Gasteiger partial charge in [-0.05, 0) is 50.3 Å². The number of aliphatic imine (C=N–C) groups is 1. The fourth-order valence-corrected chi connectivity index (χ4v) is 5.89. The first-order chi connectivity index (χ1) is 22.5. The number of benzene rings is 1. The summed E-state index contributed by atoms with van der Waals surface area (Å²) < 4.78 is 30.3. The van der Waals surface area contributed by atoms with Gasteiger partial charge < -0.3 is 34.7 Å². The van der Waals surface area contributed by atoms with E-state index < -0.39 is 0 Å². The van der Waals surface area contributed by atoms with Crippen LogP contribution in [0, 0.1) is 0 Å². The van der Waals surface area contributed by atoms with Crippen molar-refractivity contribution in [2.24, 2.45) is 10.7 Å². The molecule has 0 radical (unpaired) electrons. The molecule has 0 bridgehead atoms. The minimum Gasteiger partial charge on any atom is -0.487 e. The average molecular weight is 657 g/mol. The van der Waals surface area contributed by atoms with E-state index >= 15 is 0 Å². The van der Waals surface area contributed by atoms with Crippen molar-refractivity contribution < 1.29 is 23.7 Å². The van der Waals surface area contributed by atoms with Crippen LogP contribution in [0.1, 0.15) is 38.6 Å². The number of ether oxygens (including phenoxy) is 5. The molecule has 1 aromatic carbocycles. The lowest BCUT2D eigenvalue weighted by Gasteiger charge is -2.38. The molecule has 1 saturated carbocycles. The summed E-state index contributed by atoms with van der Waals surface area (Å²) in [6.07, 6.45) is 11.0. The van der Waals surface area contributed by atoms with E-state index in [-0.39, 0.29) is 6.10 Å². The maximum absolute atomic E-state index is 6.39. The number of methoxy groups -OCH3 is 1. The van der Waals surface area contributed by atoms with Crippen LogP contribution in [-0.4, -0.2) is 110 Å². The lowest BCUT2D eigenvalue weighted by Crippen LogP contribution is -2.45. The first-order valence-corrected chi connectivity index (χ1v) is 16.3. The van der Waals surface area contributed by atoms with Crippen molar-refractivity contribution in [3.8, 4) is 22.8 Å². The van der Waals surface area contributed by atoms with Gasteiger partial charge in [0.2, 0.25) is 5.95 Å². The molecule has 3 aromatic rings. The molecule has 0 amide bonds. The second-order valence-corrected chi connectivity index (χ2v) is 11.8. The molecular weight excluding hydrogens is 612 g/mol. The Kier molecular flexibility index (Phi) is 12.8. The number of halogens is 1. The first kappa shape index (κ1) is 33.9. The number of morpholine rings is 1. The van der Waals surface area contributed by atoms with E-state index in [0.29, 0.717) is 73.3 Å². The van der Waals surface area contributed by atoms with Gasteiger partial charge in [0.05, 0.1) is 63.2 Å². The van der Waals surface area contributed by atoms with E-state index in [1.165, 1.54) is 6.34 Å². The highest BCUT2D eigenvalue weighted by molar-refractivity contribution is 6.32. The number of rotatable bonds is 16. The molecule has 1 atom stereocenters. The van der Waals surface area contributed by atoms with Crippen molar-refractivity contribution in [1.29, 1.82) is 0 Å². The second kappa shape index (κ2) is 17.4. The van der Waals surface area contributed by atoms with Gasteiger partial charge in [0, 0.05) is 44.2 Å². The second-order valence-electron chi connectivity index (χ2n) is 11.4. The van der Waals surface area contributed by atoms with Crippen LogP contribution in [0.15, 0.2) is 41.8 Å². The summed E-state index contributed by atoms with van der Waals surface area (Å²) in [6.45, 7) is 7.86. The Bertz CT molecular complexity index is 1380. The summed E-state index contributed by atoms with van der Waals surface area (Å²) in [4.78, 5) is 15.8. The Morgan fingerprint density at radius 1 is 1.07 bits per heavy atom. The highest BCUT2D eigenvalue weighted by Crippen LogP contribution is 2.35. The summed E-state index contributed by atoms with van der Waals surface area (Å²) in [5.74, 6) is 1.48. The Labute approximate surface area is 275 Å². The molecule has 2 fully saturated rings. The smallest absolute Gasteiger partial charge is 0.257 e. The molecule has 3 N–H and O–H groups in total. The number of aromatic nitrogens is 4. The standard InChI is InChI=1S/C32H45ClN8O5/c1-23(18-35-22-34)46-30-17-24(3-8-28(30)33)25-19-36-32(37-20-25)38-29-21-41(39-31(29)45-16-15-44-14-13-42-2)27-6-4-26(5-7-27)40-9-11-43-12-10-40/h3,8,17,19-23,26-27H,4-7,9-16,18H2,1-2H3,(H2,34,35)(H,36,37,38)/t23-,26?,27?/m0/s1. The minimum atomic E-state index is -0.190. The van der Waals surface area contributed by atoms with Crippen molar-refractivity contribution in [2.45, 2.75) is 50.8 Å². The lowest BCUT2D eigenvalue weighted by molar-refractivity contribution is 0.00501. The predicted molar refractivity (Wildman–Crippen MR) is 177 cm³/mol. The topological polar surface area (TPSA) is 143 Å². The van der Waals surface area contributed by atoms with Crippen LogP contribution in [0.25, 0.3) is 11.1 Å². The molecule has 1 aliphatic carbocycles. The first-order valence-electron chi connectivity index (χ1n) is 15.9. The molecule has 0 spiro atoms. The van der Waals surface area contributed by atoms with Crippen LogP contribution in [0.4, 0.5) is 11.6 Å². The molecule has 1 aliphatic heterocycles. The molecule has 14 heteroatoms. The summed E-state index contributed by atoms with van der Waals surface area (Å²) in [5.41, 5.74) is 7.75. The van der Waals surface area contributed by atoms with Crippen LogP contribution in [0.2, 0.25) is 5.02 Å². The van der Waals surface area contributed by atoms with Gasteiger partial charge in [-0.25, -0.2) is 9.97 Å². The summed E-state index contributed by atoms with van der Waals surface area (Å²) in [7, 11) is 1.65. The van der Waals surface area contributed by atoms with Gasteiger partial charge in [0.15, 0.2) is 0 Å². The molecule has 250 valence electrons. The van der Waals surface area contributed by atoms with E-state index in [4.69, 9.17) is 46.1 Å². The Hall–Kier alpha value is -3.49. The zero-order valence-electron chi connectivity index (χ0n) is 26.6. The number of nitrogens with one attached hydrogen (secondary N) is 1. The zero-order valence-corrected chi connectivity index (χ0v) is 27.4. The van der Waals surface area contributed by atoms with Crippen molar-refractivity contribution >= 4 is 29.6 Å². The average Bonchev–Trinajstić information content (AvgIpc) is 3.49. The molecular formula is C32H45ClN8O5. The molecule has 3 heterocycles. The zero-order chi connectivity index (χ0) is 32.1. The lowest BCUT2D eigenvalue weighted by atomic mass is 9.90. The molecule has 2 aromatic heterocycles. The van der Waals surface area contributed by atoms with Crippen LogP contribution < -0.4 is 20.5 Å². The fraction of sp³-hybridized carbons (Fsp3) is 0.562. The van der Waals surface area contributed by atoms with Crippen LogP contribution in [0.3, 0.4) is 0 Å². The van der Waals surface area contributed by atoms with E-state index in [2.05, 4.69) is 25.2 Å². The van der Waals surface area contributed by atoms with Gasteiger partial charge >= 0.3 is 0 Å². The number of hydrogen-bond donors (Lipinski definition) is 2. The maximum Gasteiger partial charge on any atom is 0.257 e. The third-order valence-electron chi connectivity index (χ3n) is 8.16. The van der Waals surface area contributed by atoms with Crippen molar-refractivity contribution in [3.63, 3.8) is 0 Å². The molecule has 0 unspecified atom stereocenters. The summed E-state index contributed by atoms with van der Waals surface area (Å²) >= 11 is 6.39.